The lowest BCUT2D eigenvalue weighted by Crippen LogP contribution is -1.94. The predicted octanol–water partition coefficient (Wildman–Crippen LogP) is 4.70. The minimum absolute atomic E-state index is 0.118. The molecule has 7 heteroatoms. The Labute approximate surface area is 124 Å². The average Bonchev–Trinajstić information content (AvgIpc) is 2.42. The van der Waals surface area contributed by atoms with E-state index in [-0.39, 0.29) is 11.4 Å². The van der Waals surface area contributed by atoms with Gasteiger partial charge in [0.15, 0.2) is 0 Å². The highest BCUT2D eigenvalue weighted by Gasteiger charge is 2.15. The second-order valence-corrected chi connectivity index (χ2v) is 4.58. The van der Waals surface area contributed by atoms with E-state index in [0.29, 0.717) is 21.5 Å². The van der Waals surface area contributed by atoms with E-state index < -0.39 is 4.92 Å². The van der Waals surface area contributed by atoms with Crippen molar-refractivity contribution in [3.8, 4) is 17.2 Å². The summed E-state index contributed by atoms with van der Waals surface area (Å²) in [5.41, 5.74) is -0.131. The summed E-state index contributed by atoms with van der Waals surface area (Å²) in [6.07, 6.45) is 0. The van der Waals surface area contributed by atoms with Gasteiger partial charge in [-0.05, 0) is 18.2 Å². The SMILES string of the molecule is COc1cc(Oc2ccc(Cl)c(Cl)c2)ccc1[N+](=O)[O-]. The number of nitro groups is 1. The van der Waals surface area contributed by atoms with Crippen LogP contribution in [0.1, 0.15) is 0 Å². The molecule has 2 rings (SSSR count). The molecule has 0 aliphatic heterocycles. The maximum atomic E-state index is 10.8. The fourth-order valence-corrected chi connectivity index (χ4v) is 1.84. The third-order valence-electron chi connectivity index (χ3n) is 2.47. The van der Waals surface area contributed by atoms with Crippen LogP contribution in [0.4, 0.5) is 5.69 Å². The van der Waals surface area contributed by atoms with Crippen molar-refractivity contribution in [1.82, 2.24) is 0 Å². The summed E-state index contributed by atoms with van der Waals surface area (Å²) in [5.74, 6) is 0.980. The van der Waals surface area contributed by atoms with E-state index in [9.17, 15) is 10.1 Å². The fourth-order valence-electron chi connectivity index (χ4n) is 1.55. The summed E-state index contributed by atoms with van der Waals surface area (Å²) >= 11 is 11.7. The molecule has 0 amide bonds. The van der Waals surface area contributed by atoms with Crippen LogP contribution >= 0.6 is 23.2 Å². The van der Waals surface area contributed by atoms with E-state index in [1.807, 2.05) is 0 Å². The molecule has 2 aromatic rings. The standard InChI is InChI=1S/C13H9Cl2NO4/c1-19-13-7-9(3-5-12(13)16(17)18)20-8-2-4-10(14)11(15)6-8/h2-7H,1H3. The van der Waals surface area contributed by atoms with Crippen LogP contribution in [0.5, 0.6) is 17.2 Å². The van der Waals surface area contributed by atoms with Crippen LogP contribution in [0, 0.1) is 10.1 Å². The summed E-state index contributed by atoms with van der Waals surface area (Å²) < 4.78 is 10.5. The zero-order valence-electron chi connectivity index (χ0n) is 10.3. The molecule has 0 atom stereocenters. The van der Waals surface area contributed by atoms with Gasteiger partial charge in [0.2, 0.25) is 5.75 Å². The number of methoxy groups -OCH3 is 1. The van der Waals surface area contributed by atoms with Crippen molar-refractivity contribution in [3.63, 3.8) is 0 Å². The zero-order chi connectivity index (χ0) is 14.7. The normalized spacial score (nSPS) is 10.2. The summed E-state index contributed by atoms with van der Waals surface area (Å²) in [6.45, 7) is 0. The first kappa shape index (κ1) is 14.4. The van der Waals surface area contributed by atoms with E-state index in [1.165, 1.54) is 25.3 Å². The van der Waals surface area contributed by atoms with Crippen LogP contribution in [-0.2, 0) is 0 Å². The van der Waals surface area contributed by atoms with Crippen molar-refractivity contribution in [2.75, 3.05) is 7.11 Å². The minimum atomic E-state index is -0.526. The van der Waals surface area contributed by atoms with Gasteiger partial charge >= 0.3 is 5.69 Å². The number of halogens is 2. The van der Waals surface area contributed by atoms with Gasteiger partial charge in [0.25, 0.3) is 0 Å². The van der Waals surface area contributed by atoms with Crippen molar-refractivity contribution in [3.05, 3.63) is 56.6 Å². The van der Waals surface area contributed by atoms with Gasteiger partial charge < -0.3 is 9.47 Å². The number of benzene rings is 2. The zero-order valence-corrected chi connectivity index (χ0v) is 11.8. The summed E-state index contributed by atoms with van der Waals surface area (Å²) in [6, 6.07) is 9.01. The third kappa shape index (κ3) is 3.12. The highest BCUT2D eigenvalue weighted by molar-refractivity contribution is 6.42. The maximum absolute atomic E-state index is 10.8. The predicted molar refractivity (Wildman–Crippen MR) is 76.2 cm³/mol. The topological polar surface area (TPSA) is 61.6 Å². The highest BCUT2D eigenvalue weighted by Crippen LogP contribution is 2.34. The molecule has 0 radical (unpaired) electrons. The average molecular weight is 314 g/mol. The van der Waals surface area contributed by atoms with Crippen molar-refractivity contribution in [2.24, 2.45) is 0 Å². The van der Waals surface area contributed by atoms with Gasteiger partial charge in [-0.3, -0.25) is 10.1 Å². The highest BCUT2D eigenvalue weighted by atomic mass is 35.5. The molecule has 0 aliphatic carbocycles. The van der Waals surface area contributed by atoms with Gasteiger partial charge in [0, 0.05) is 18.2 Å². The van der Waals surface area contributed by atoms with Crippen LogP contribution in [0.25, 0.3) is 0 Å². The molecule has 2 aromatic carbocycles. The van der Waals surface area contributed by atoms with Crippen LogP contribution in [0.2, 0.25) is 10.0 Å². The molecule has 0 spiro atoms. The molecular formula is C13H9Cl2NO4. The van der Waals surface area contributed by atoms with Crippen LogP contribution in [0.3, 0.4) is 0 Å². The molecule has 0 saturated heterocycles. The molecule has 0 saturated carbocycles. The van der Waals surface area contributed by atoms with E-state index in [0.717, 1.165) is 0 Å². The summed E-state index contributed by atoms with van der Waals surface area (Å²) in [7, 11) is 1.35. The molecule has 0 unspecified atom stereocenters. The molecule has 104 valence electrons. The largest absolute Gasteiger partial charge is 0.490 e. The Kier molecular flexibility index (Phi) is 4.32. The Balaban J connectivity index is 2.29. The molecule has 20 heavy (non-hydrogen) atoms. The van der Waals surface area contributed by atoms with Crippen LogP contribution < -0.4 is 9.47 Å². The molecule has 0 fully saturated rings. The lowest BCUT2D eigenvalue weighted by molar-refractivity contribution is -0.385. The van der Waals surface area contributed by atoms with E-state index >= 15 is 0 Å². The van der Waals surface area contributed by atoms with Crippen molar-refractivity contribution >= 4 is 28.9 Å². The van der Waals surface area contributed by atoms with Gasteiger partial charge in [-0.15, -0.1) is 0 Å². The van der Waals surface area contributed by atoms with Gasteiger partial charge in [-0.2, -0.15) is 0 Å². The minimum Gasteiger partial charge on any atom is -0.490 e. The van der Waals surface area contributed by atoms with Crippen LogP contribution in [-0.4, -0.2) is 12.0 Å². The Morgan fingerprint density at radius 2 is 1.70 bits per heavy atom. The van der Waals surface area contributed by atoms with Gasteiger partial charge in [0.1, 0.15) is 11.5 Å². The summed E-state index contributed by atoms with van der Waals surface area (Å²) in [5, 5.41) is 11.6. The lowest BCUT2D eigenvalue weighted by atomic mass is 10.2. The fraction of sp³-hybridized carbons (Fsp3) is 0.0769. The number of ether oxygens (including phenoxy) is 2. The number of nitrogens with zero attached hydrogens (tertiary/aromatic N) is 1. The Hall–Kier alpha value is -1.98. The molecule has 0 aliphatic rings. The number of rotatable bonds is 4. The molecule has 0 bridgehead atoms. The third-order valence-corrected chi connectivity index (χ3v) is 3.21. The molecule has 5 nitrogen and oxygen atoms in total. The molecule has 0 aromatic heterocycles. The van der Waals surface area contributed by atoms with Gasteiger partial charge in [0.05, 0.1) is 22.1 Å². The number of nitro benzene ring substituents is 1. The van der Waals surface area contributed by atoms with Gasteiger partial charge in [-0.25, -0.2) is 0 Å². The smallest absolute Gasteiger partial charge is 0.311 e. The van der Waals surface area contributed by atoms with E-state index in [2.05, 4.69) is 0 Å². The second kappa shape index (κ2) is 5.98. The molecule has 0 N–H and O–H groups in total. The monoisotopic (exact) mass is 313 g/mol. The first-order chi connectivity index (χ1) is 9.51. The molecule has 0 heterocycles. The first-order valence-corrected chi connectivity index (χ1v) is 6.22. The summed E-state index contributed by atoms with van der Waals surface area (Å²) in [4.78, 5) is 10.3. The second-order valence-electron chi connectivity index (χ2n) is 3.77. The van der Waals surface area contributed by atoms with Crippen LogP contribution in [0.15, 0.2) is 36.4 Å². The Bertz CT molecular complexity index is 661. The molecular weight excluding hydrogens is 305 g/mol. The first-order valence-electron chi connectivity index (χ1n) is 5.46. The lowest BCUT2D eigenvalue weighted by Gasteiger charge is -2.08. The van der Waals surface area contributed by atoms with E-state index in [4.69, 9.17) is 32.7 Å². The number of hydrogen-bond donors (Lipinski definition) is 0. The Morgan fingerprint density at radius 3 is 2.30 bits per heavy atom. The van der Waals surface area contributed by atoms with Crippen molar-refractivity contribution in [2.45, 2.75) is 0 Å². The number of hydrogen-bond acceptors (Lipinski definition) is 4. The quantitative estimate of drug-likeness (QED) is 0.606. The van der Waals surface area contributed by atoms with Crippen molar-refractivity contribution < 1.29 is 14.4 Å². The van der Waals surface area contributed by atoms with Crippen molar-refractivity contribution in [1.29, 1.82) is 0 Å². The van der Waals surface area contributed by atoms with Gasteiger partial charge in [-0.1, -0.05) is 23.2 Å². The van der Waals surface area contributed by atoms with E-state index in [1.54, 1.807) is 18.2 Å². The maximum Gasteiger partial charge on any atom is 0.311 e. The Morgan fingerprint density at radius 1 is 1.05 bits per heavy atom.